The van der Waals surface area contributed by atoms with Gasteiger partial charge in [0.05, 0.1) is 5.88 Å². The molecule has 5 nitrogen and oxygen atoms in total. The van der Waals surface area contributed by atoms with Crippen LogP contribution < -0.4 is 0 Å². The van der Waals surface area contributed by atoms with Gasteiger partial charge in [-0.3, -0.25) is 4.79 Å². The van der Waals surface area contributed by atoms with E-state index in [1.807, 2.05) is 31.1 Å². The lowest BCUT2D eigenvalue weighted by Crippen LogP contribution is -2.41. The lowest BCUT2D eigenvalue weighted by Gasteiger charge is -2.20. The molecule has 1 amide bonds. The maximum absolute atomic E-state index is 12.3. The molecule has 0 spiro atoms. The predicted molar refractivity (Wildman–Crippen MR) is 78.8 cm³/mol. The number of hydrogen-bond donors (Lipinski definition) is 1. The van der Waals surface area contributed by atoms with Gasteiger partial charge in [0.2, 0.25) is 0 Å². The zero-order valence-corrected chi connectivity index (χ0v) is 12.4. The summed E-state index contributed by atoms with van der Waals surface area (Å²) in [5.41, 5.74) is 1.67. The van der Waals surface area contributed by atoms with Gasteiger partial charge in [0.1, 0.15) is 6.04 Å². The molecule has 0 radical (unpaired) electrons. The van der Waals surface area contributed by atoms with Crippen LogP contribution in [0.5, 0.6) is 0 Å². The minimum absolute atomic E-state index is 0.209. The first-order valence-electron chi connectivity index (χ1n) is 6.34. The highest BCUT2D eigenvalue weighted by molar-refractivity contribution is 7.99. The Balaban J connectivity index is 2.11. The third kappa shape index (κ3) is 3.32. The van der Waals surface area contributed by atoms with Gasteiger partial charge in [-0.2, -0.15) is 0 Å². The van der Waals surface area contributed by atoms with Crippen LogP contribution in [0.3, 0.4) is 0 Å². The van der Waals surface area contributed by atoms with Crippen molar-refractivity contribution in [2.45, 2.75) is 12.6 Å². The molecule has 1 aliphatic rings. The van der Waals surface area contributed by atoms with Gasteiger partial charge in [-0.15, -0.1) is 11.8 Å². The molecule has 0 saturated carbocycles. The van der Waals surface area contributed by atoms with E-state index in [9.17, 15) is 9.59 Å². The summed E-state index contributed by atoms with van der Waals surface area (Å²) in [5.74, 6) is -0.249. The molecule has 108 valence electrons. The summed E-state index contributed by atoms with van der Waals surface area (Å²) in [5, 5.41) is 9.11. The smallest absolute Gasteiger partial charge is 0.327 e. The third-order valence-corrected chi connectivity index (χ3v) is 4.14. The maximum Gasteiger partial charge on any atom is 0.327 e. The van der Waals surface area contributed by atoms with Crippen LogP contribution in [0.2, 0.25) is 0 Å². The molecule has 1 atom stereocenters. The summed E-state index contributed by atoms with van der Waals surface area (Å²) in [7, 11) is 3.97. The Morgan fingerprint density at radius 1 is 1.35 bits per heavy atom. The average Bonchev–Trinajstić information content (AvgIpc) is 2.87. The molecule has 0 aromatic heterocycles. The molecule has 1 unspecified atom stereocenters. The van der Waals surface area contributed by atoms with E-state index in [0.29, 0.717) is 17.2 Å². The SMILES string of the molecule is CN(C)Cc1ccc(C(=O)N2CSCC2C(=O)O)cc1. The van der Waals surface area contributed by atoms with Crippen molar-refractivity contribution >= 4 is 23.6 Å². The fourth-order valence-corrected chi connectivity index (χ4v) is 3.28. The number of amides is 1. The number of carboxylic acids is 1. The second kappa shape index (κ2) is 6.28. The molecule has 1 aromatic carbocycles. The van der Waals surface area contributed by atoms with Crippen LogP contribution in [0.25, 0.3) is 0 Å². The highest BCUT2D eigenvalue weighted by Crippen LogP contribution is 2.23. The number of thioether (sulfide) groups is 1. The zero-order chi connectivity index (χ0) is 14.7. The van der Waals surface area contributed by atoms with Crippen molar-refractivity contribution < 1.29 is 14.7 Å². The zero-order valence-electron chi connectivity index (χ0n) is 11.6. The molecule has 1 saturated heterocycles. The molecule has 20 heavy (non-hydrogen) atoms. The first-order chi connectivity index (χ1) is 9.49. The summed E-state index contributed by atoms with van der Waals surface area (Å²) in [6.45, 7) is 0.811. The number of carbonyl (C=O) groups is 2. The van der Waals surface area contributed by atoms with Crippen molar-refractivity contribution in [3.05, 3.63) is 35.4 Å². The van der Waals surface area contributed by atoms with Crippen LogP contribution in [-0.2, 0) is 11.3 Å². The Morgan fingerprint density at radius 2 is 2.00 bits per heavy atom. The molecule has 1 aromatic rings. The molecule has 6 heteroatoms. The van der Waals surface area contributed by atoms with E-state index >= 15 is 0 Å². The molecule has 0 aliphatic carbocycles. The van der Waals surface area contributed by atoms with Crippen molar-refractivity contribution in [2.24, 2.45) is 0 Å². The Bertz CT molecular complexity index is 502. The number of hydrogen-bond acceptors (Lipinski definition) is 4. The molecule has 1 N–H and O–H groups in total. The van der Waals surface area contributed by atoms with Gasteiger partial charge in [0.25, 0.3) is 5.91 Å². The topological polar surface area (TPSA) is 60.9 Å². The summed E-state index contributed by atoms with van der Waals surface area (Å²) in [6.07, 6.45) is 0. The van der Waals surface area contributed by atoms with Crippen LogP contribution >= 0.6 is 11.8 Å². The Morgan fingerprint density at radius 3 is 2.55 bits per heavy atom. The normalized spacial score (nSPS) is 18.6. The van der Waals surface area contributed by atoms with Gasteiger partial charge in [-0.1, -0.05) is 12.1 Å². The third-order valence-electron chi connectivity index (χ3n) is 3.13. The average molecular weight is 294 g/mol. The fraction of sp³-hybridized carbons (Fsp3) is 0.429. The molecule has 1 heterocycles. The Labute approximate surface area is 122 Å². The number of benzene rings is 1. The van der Waals surface area contributed by atoms with Gasteiger partial charge in [0, 0.05) is 17.9 Å². The van der Waals surface area contributed by atoms with Crippen LogP contribution in [0.4, 0.5) is 0 Å². The summed E-state index contributed by atoms with van der Waals surface area (Å²) in [6, 6.07) is 6.64. The van der Waals surface area contributed by atoms with E-state index in [1.54, 1.807) is 12.1 Å². The number of carbonyl (C=O) groups excluding carboxylic acids is 1. The highest BCUT2D eigenvalue weighted by atomic mass is 32.2. The van der Waals surface area contributed by atoms with E-state index in [2.05, 4.69) is 0 Å². The Kier molecular flexibility index (Phi) is 4.67. The minimum atomic E-state index is -0.937. The molecule has 2 rings (SSSR count). The van der Waals surface area contributed by atoms with Crippen molar-refractivity contribution in [2.75, 3.05) is 25.7 Å². The second-order valence-electron chi connectivity index (χ2n) is 5.06. The molecule has 0 bridgehead atoms. The fourth-order valence-electron chi connectivity index (χ4n) is 2.13. The van der Waals surface area contributed by atoms with Gasteiger partial charge in [-0.05, 0) is 31.8 Å². The Hall–Kier alpha value is -1.53. The number of nitrogens with zero attached hydrogens (tertiary/aromatic N) is 2. The number of rotatable bonds is 4. The molecular formula is C14H18N2O3S. The largest absolute Gasteiger partial charge is 0.480 e. The van der Waals surface area contributed by atoms with E-state index in [4.69, 9.17) is 5.11 Å². The van der Waals surface area contributed by atoms with Crippen LogP contribution in [-0.4, -0.2) is 58.5 Å². The van der Waals surface area contributed by atoms with E-state index in [1.165, 1.54) is 16.7 Å². The predicted octanol–water partition coefficient (Wildman–Crippen LogP) is 1.35. The first-order valence-corrected chi connectivity index (χ1v) is 7.49. The van der Waals surface area contributed by atoms with E-state index in [0.717, 1.165) is 12.1 Å². The van der Waals surface area contributed by atoms with Crippen molar-refractivity contribution in [1.82, 2.24) is 9.80 Å². The lowest BCUT2D eigenvalue weighted by molar-refractivity contribution is -0.140. The highest BCUT2D eigenvalue weighted by Gasteiger charge is 2.34. The quantitative estimate of drug-likeness (QED) is 0.908. The molecule has 1 fully saturated rings. The van der Waals surface area contributed by atoms with Crippen LogP contribution in [0.15, 0.2) is 24.3 Å². The molecule has 1 aliphatic heterocycles. The maximum atomic E-state index is 12.3. The summed E-state index contributed by atoms with van der Waals surface area (Å²) < 4.78 is 0. The summed E-state index contributed by atoms with van der Waals surface area (Å²) in [4.78, 5) is 26.9. The number of carboxylic acid groups (broad SMARTS) is 1. The van der Waals surface area contributed by atoms with Crippen molar-refractivity contribution in [3.8, 4) is 0 Å². The number of aliphatic carboxylic acids is 1. The van der Waals surface area contributed by atoms with E-state index in [-0.39, 0.29) is 5.91 Å². The molecular weight excluding hydrogens is 276 g/mol. The van der Waals surface area contributed by atoms with Crippen LogP contribution in [0.1, 0.15) is 15.9 Å². The van der Waals surface area contributed by atoms with Crippen molar-refractivity contribution in [3.63, 3.8) is 0 Å². The monoisotopic (exact) mass is 294 g/mol. The van der Waals surface area contributed by atoms with Gasteiger partial charge in [0.15, 0.2) is 0 Å². The second-order valence-corrected chi connectivity index (χ2v) is 6.06. The van der Waals surface area contributed by atoms with Gasteiger partial charge in [-0.25, -0.2) is 4.79 Å². The van der Waals surface area contributed by atoms with Crippen molar-refractivity contribution in [1.29, 1.82) is 0 Å². The summed E-state index contributed by atoms with van der Waals surface area (Å²) >= 11 is 1.47. The van der Waals surface area contributed by atoms with E-state index < -0.39 is 12.0 Å². The van der Waals surface area contributed by atoms with Gasteiger partial charge < -0.3 is 14.9 Å². The van der Waals surface area contributed by atoms with Gasteiger partial charge >= 0.3 is 5.97 Å². The lowest BCUT2D eigenvalue weighted by atomic mass is 10.1. The first kappa shape index (κ1) is 14.9. The standard InChI is InChI=1S/C14H18N2O3S/c1-15(2)7-10-3-5-11(6-4-10)13(17)16-9-20-8-12(16)14(18)19/h3-6,12H,7-9H2,1-2H3,(H,18,19). The minimum Gasteiger partial charge on any atom is -0.480 e. The van der Waals surface area contributed by atoms with Crippen LogP contribution in [0, 0.1) is 0 Å².